The van der Waals surface area contributed by atoms with Crippen LogP contribution in [0.2, 0.25) is 0 Å². The van der Waals surface area contributed by atoms with Crippen LogP contribution >= 0.6 is 22.6 Å². The molecule has 1 aliphatic carbocycles. The fourth-order valence-corrected chi connectivity index (χ4v) is 1.20. The van der Waals surface area contributed by atoms with E-state index >= 15 is 0 Å². The van der Waals surface area contributed by atoms with Crippen LogP contribution < -0.4 is 0 Å². The number of hydrogen-bond donors (Lipinski definition) is 0. The molecule has 36 valence electrons. The standard InChI is InChI=1S/C5H9I/c1-4-3-5(4,2)6/h4H,3H2,1-2H3/t4-,5?/m1/s1. The molecule has 0 aromatic heterocycles. The van der Waals surface area contributed by atoms with Crippen molar-refractivity contribution < 1.29 is 0 Å². The third-order valence-electron chi connectivity index (χ3n) is 1.57. The van der Waals surface area contributed by atoms with Gasteiger partial charge in [-0.15, -0.1) is 0 Å². The maximum Gasteiger partial charge on any atom is 0.0223 e. The van der Waals surface area contributed by atoms with E-state index in [9.17, 15) is 0 Å². The Hall–Kier alpha value is 0.730. The van der Waals surface area contributed by atoms with E-state index < -0.39 is 0 Å². The number of halogens is 1. The van der Waals surface area contributed by atoms with Gasteiger partial charge in [-0.2, -0.15) is 0 Å². The van der Waals surface area contributed by atoms with Gasteiger partial charge < -0.3 is 0 Å². The van der Waals surface area contributed by atoms with Gasteiger partial charge >= 0.3 is 0 Å². The zero-order valence-electron chi connectivity index (χ0n) is 4.16. The van der Waals surface area contributed by atoms with E-state index in [1.54, 1.807) is 0 Å². The molecule has 0 aromatic carbocycles. The first-order chi connectivity index (χ1) is 2.63. The first kappa shape index (κ1) is 4.88. The monoisotopic (exact) mass is 196 g/mol. The molecule has 1 heteroatoms. The Balaban J connectivity index is 2.41. The molecule has 6 heavy (non-hydrogen) atoms. The van der Waals surface area contributed by atoms with Gasteiger partial charge in [0, 0.05) is 3.42 Å². The van der Waals surface area contributed by atoms with Crippen molar-refractivity contribution in [1.82, 2.24) is 0 Å². The second-order valence-electron chi connectivity index (χ2n) is 2.38. The average molecular weight is 196 g/mol. The highest BCUT2D eigenvalue weighted by Gasteiger charge is 2.43. The Kier molecular flexibility index (Phi) is 0.905. The fraction of sp³-hybridized carbons (Fsp3) is 1.00. The summed E-state index contributed by atoms with van der Waals surface area (Å²) in [6.45, 7) is 4.60. The molecule has 1 unspecified atom stereocenters. The normalized spacial score (nSPS) is 55.5. The smallest absolute Gasteiger partial charge is 0.0223 e. The van der Waals surface area contributed by atoms with Crippen molar-refractivity contribution in [3.8, 4) is 0 Å². The van der Waals surface area contributed by atoms with Gasteiger partial charge in [0.15, 0.2) is 0 Å². The molecule has 2 atom stereocenters. The first-order valence-electron chi connectivity index (χ1n) is 2.32. The van der Waals surface area contributed by atoms with Crippen molar-refractivity contribution in [3.63, 3.8) is 0 Å². The van der Waals surface area contributed by atoms with Crippen LogP contribution in [0.25, 0.3) is 0 Å². The maximum absolute atomic E-state index is 2.51. The summed E-state index contributed by atoms with van der Waals surface area (Å²) >= 11 is 2.51. The molecule has 0 saturated heterocycles. The Morgan fingerprint density at radius 2 is 2.00 bits per heavy atom. The topological polar surface area (TPSA) is 0 Å². The van der Waals surface area contributed by atoms with Crippen LogP contribution in [0.5, 0.6) is 0 Å². The van der Waals surface area contributed by atoms with Gasteiger partial charge in [0.25, 0.3) is 0 Å². The number of hydrogen-bond acceptors (Lipinski definition) is 0. The van der Waals surface area contributed by atoms with E-state index in [0.717, 1.165) is 5.92 Å². The van der Waals surface area contributed by atoms with Gasteiger partial charge in [0.05, 0.1) is 0 Å². The molecule has 0 spiro atoms. The minimum absolute atomic E-state index is 0.678. The molecule has 0 aromatic rings. The zero-order valence-corrected chi connectivity index (χ0v) is 6.32. The van der Waals surface area contributed by atoms with Crippen molar-refractivity contribution in [2.24, 2.45) is 5.92 Å². The van der Waals surface area contributed by atoms with Gasteiger partial charge in [-0.3, -0.25) is 0 Å². The minimum atomic E-state index is 0.678. The van der Waals surface area contributed by atoms with Crippen molar-refractivity contribution in [3.05, 3.63) is 0 Å². The zero-order chi connectivity index (χ0) is 4.78. The lowest BCUT2D eigenvalue weighted by atomic mass is 10.4. The van der Waals surface area contributed by atoms with Crippen LogP contribution in [-0.2, 0) is 0 Å². The molecule has 1 saturated carbocycles. The SMILES string of the molecule is C[C@@H]1CC1(C)I. The van der Waals surface area contributed by atoms with E-state index in [1.165, 1.54) is 6.42 Å². The first-order valence-corrected chi connectivity index (χ1v) is 3.40. The molecule has 0 aliphatic heterocycles. The third kappa shape index (κ3) is 0.695. The van der Waals surface area contributed by atoms with Crippen LogP contribution in [0.1, 0.15) is 20.3 Å². The Morgan fingerprint density at radius 1 is 1.83 bits per heavy atom. The third-order valence-corrected chi connectivity index (χ3v) is 3.08. The molecular formula is C5H9I. The molecular weight excluding hydrogens is 187 g/mol. The predicted octanol–water partition coefficient (Wildman–Crippen LogP) is 2.22. The summed E-state index contributed by atoms with van der Waals surface area (Å²) in [6.07, 6.45) is 1.42. The van der Waals surface area contributed by atoms with Crippen molar-refractivity contribution in [2.45, 2.75) is 23.7 Å². The van der Waals surface area contributed by atoms with Gasteiger partial charge in [-0.05, 0) is 12.3 Å². The highest BCUT2D eigenvalue weighted by atomic mass is 127. The van der Waals surface area contributed by atoms with Crippen LogP contribution in [-0.4, -0.2) is 3.42 Å². The van der Waals surface area contributed by atoms with Gasteiger partial charge in [0.1, 0.15) is 0 Å². The lowest BCUT2D eigenvalue weighted by Crippen LogP contribution is -1.86. The second-order valence-corrected chi connectivity index (χ2v) is 4.85. The summed E-state index contributed by atoms with van der Waals surface area (Å²) in [5.74, 6) is 0.984. The van der Waals surface area contributed by atoms with Gasteiger partial charge in [-0.1, -0.05) is 36.4 Å². The predicted molar refractivity (Wildman–Crippen MR) is 36.2 cm³/mol. The second kappa shape index (κ2) is 1.11. The van der Waals surface area contributed by atoms with E-state index in [0.29, 0.717) is 3.42 Å². The van der Waals surface area contributed by atoms with Crippen LogP contribution in [0, 0.1) is 5.92 Å². The summed E-state index contributed by atoms with van der Waals surface area (Å²) < 4.78 is 0.678. The van der Waals surface area contributed by atoms with E-state index in [2.05, 4.69) is 36.4 Å². The van der Waals surface area contributed by atoms with Crippen LogP contribution in [0.4, 0.5) is 0 Å². The molecule has 1 rings (SSSR count). The highest BCUT2D eigenvalue weighted by molar-refractivity contribution is 14.1. The lowest BCUT2D eigenvalue weighted by Gasteiger charge is -1.89. The van der Waals surface area contributed by atoms with Crippen molar-refractivity contribution >= 4 is 22.6 Å². The summed E-state index contributed by atoms with van der Waals surface area (Å²) in [6, 6.07) is 0. The quantitative estimate of drug-likeness (QED) is 0.411. The number of alkyl halides is 1. The molecule has 1 fully saturated rings. The molecule has 0 radical (unpaired) electrons. The highest BCUT2D eigenvalue weighted by Crippen LogP contribution is 2.50. The largest absolute Gasteiger partial charge is 0.0789 e. The molecule has 1 aliphatic rings. The Bertz CT molecular complexity index is 66.3. The van der Waals surface area contributed by atoms with E-state index in [4.69, 9.17) is 0 Å². The summed E-state index contributed by atoms with van der Waals surface area (Å²) in [4.78, 5) is 0. The average Bonchev–Trinajstić information content (AvgIpc) is 1.73. The Labute approximate surface area is 52.5 Å². The number of rotatable bonds is 0. The summed E-state index contributed by atoms with van der Waals surface area (Å²) in [5, 5.41) is 0. The minimum Gasteiger partial charge on any atom is -0.0789 e. The molecule has 0 amide bonds. The van der Waals surface area contributed by atoms with Crippen LogP contribution in [0.3, 0.4) is 0 Å². The maximum atomic E-state index is 2.51. The van der Waals surface area contributed by atoms with Crippen molar-refractivity contribution in [2.75, 3.05) is 0 Å². The molecule has 0 N–H and O–H groups in total. The fourth-order valence-electron chi connectivity index (χ4n) is 0.540. The van der Waals surface area contributed by atoms with E-state index in [-0.39, 0.29) is 0 Å². The summed E-state index contributed by atoms with van der Waals surface area (Å²) in [7, 11) is 0. The van der Waals surface area contributed by atoms with Gasteiger partial charge in [0.2, 0.25) is 0 Å². The van der Waals surface area contributed by atoms with E-state index in [1.807, 2.05) is 0 Å². The van der Waals surface area contributed by atoms with Gasteiger partial charge in [-0.25, -0.2) is 0 Å². The summed E-state index contributed by atoms with van der Waals surface area (Å²) in [5.41, 5.74) is 0. The molecule has 0 bridgehead atoms. The van der Waals surface area contributed by atoms with Crippen LogP contribution in [0.15, 0.2) is 0 Å². The molecule has 0 heterocycles. The van der Waals surface area contributed by atoms with Crippen molar-refractivity contribution in [1.29, 1.82) is 0 Å². The molecule has 0 nitrogen and oxygen atoms in total. The lowest BCUT2D eigenvalue weighted by molar-refractivity contribution is 0.904. The Morgan fingerprint density at radius 3 is 2.00 bits per heavy atom.